The topological polar surface area (TPSA) is 125 Å². The predicted molar refractivity (Wildman–Crippen MR) is 114 cm³/mol. The molecule has 1 saturated heterocycles. The monoisotopic (exact) mass is 437 g/mol. The predicted octanol–water partition coefficient (Wildman–Crippen LogP) is 1.33. The minimum Gasteiger partial charge on any atom is -0.480 e. The first-order chi connectivity index (χ1) is 15.5. The summed E-state index contributed by atoms with van der Waals surface area (Å²) in [6.45, 7) is -0.198. The first kappa shape index (κ1) is 21.4. The van der Waals surface area contributed by atoms with Crippen molar-refractivity contribution in [2.24, 2.45) is 0 Å². The Morgan fingerprint density at radius 1 is 0.938 bits per heavy atom. The highest BCUT2D eigenvalue weighted by Crippen LogP contribution is 2.44. The Bertz CT molecular complexity index is 1020. The molecule has 1 atom stereocenters. The lowest BCUT2D eigenvalue weighted by atomic mass is 9.98. The second-order valence-corrected chi connectivity index (χ2v) is 7.69. The number of hydrogen-bond donors (Lipinski definition) is 3. The molecule has 1 aliphatic carbocycles. The summed E-state index contributed by atoms with van der Waals surface area (Å²) in [4.78, 5) is 48.1. The van der Waals surface area contributed by atoms with Crippen molar-refractivity contribution < 1.29 is 29.0 Å². The molecular weight excluding hydrogens is 414 g/mol. The van der Waals surface area contributed by atoms with Crippen molar-refractivity contribution >= 4 is 23.9 Å². The third-order valence-corrected chi connectivity index (χ3v) is 5.80. The fourth-order valence-corrected chi connectivity index (χ4v) is 4.08. The first-order valence-corrected chi connectivity index (χ1v) is 10.3. The number of rotatable bonds is 7. The summed E-state index contributed by atoms with van der Waals surface area (Å²) in [6.07, 6.45) is -0.333. The molecule has 1 fully saturated rings. The van der Waals surface area contributed by atoms with Gasteiger partial charge in [-0.15, -0.1) is 0 Å². The molecule has 2 aromatic rings. The molecule has 32 heavy (non-hydrogen) atoms. The van der Waals surface area contributed by atoms with E-state index in [1.165, 1.54) is 4.90 Å². The van der Waals surface area contributed by atoms with Crippen LogP contribution in [0, 0.1) is 0 Å². The normalized spacial score (nSPS) is 16.4. The number of carboxylic acids is 1. The lowest BCUT2D eigenvalue weighted by Gasteiger charge is -2.37. The maximum Gasteiger partial charge on any atom is 0.407 e. The van der Waals surface area contributed by atoms with Crippen LogP contribution in [0.25, 0.3) is 11.1 Å². The van der Waals surface area contributed by atoms with E-state index in [4.69, 9.17) is 9.84 Å². The average molecular weight is 437 g/mol. The van der Waals surface area contributed by atoms with E-state index in [1.54, 1.807) is 0 Å². The number of amides is 3. The van der Waals surface area contributed by atoms with Crippen LogP contribution in [0.4, 0.5) is 4.79 Å². The molecule has 2 aromatic carbocycles. The maximum absolute atomic E-state index is 12.1. The van der Waals surface area contributed by atoms with Gasteiger partial charge in [0.05, 0.1) is 6.54 Å². The molecule has 1 aliphatic heterocycles. The van der Waals surface area contributed by atoms with Crippen LogP contribution in [0.2, 0.25) is 0 Å². The highest BCUT2D eigenvalue weighted by atomic mass is 16.5. The van der Waals surface area contributed by atoms with Gasteiger partial charge >= 0.3 is 12.1 Å². The van der Waals surface area contributed by atoms with Crippen molar-refractivity contribution in [3.05, 3.63) is 59.7 Å². The molecule has 3 N–H and O–H groups in total. The maximum atomic E-state index is 12.1. The number of carbonyl (C=O) groups excluding carboxylic acids is 3. The molecule has 166 valence electrons. The van der Waals surface area contributed by atoms with E-state index < -0.39 is 29.9 Å². The highest BCUT2D eigenvalue weighted by molar-refractivity contribution is 5.90. The van der Waals surface area contributed by atoms with Gasteiger partial charge < -0.3 is 25.4 Å². The summed E-state index contributed by atoms with van der Waals surface area (Å²) in [5.74, 6) is -2.19. The zero-order valence-corrected chi connectivity index (χ0v) is 17.2. The molecular formula is C23H23N3O6. The van der Waals surface area contributed by atoms with Gasteiger partial charge in [-0.05, 0) is 28.7 Å². The van der Waals surface area contributed by atoms with E-state index in [9.17, 15) is 19.2 Å². The van der Waals surface area contributed by atoms with Gasteiger partial charge in [-0.3, -0.25) is 9.59 Å². The molecule has 0 aromatic heterocycles. The van der Waals surface area contributed by atoms with E-state index in [-0.39, 0.29) is 25.6 Å². The number of carboxylic acid groups (broad SMARTS) is 1. The summed E-state index contributed by atoms with van der Waals surface area (Å²) in [7, 11) is 0. The van der Waals surface area contributed by atoms with E-state index in [1.807, 2.05) is 48.5 Å². The number of likely N-dealkylation sites (tertiary alicyclic amines) is 1. The molecule has 2 aliphatic rings. The number of ether oxygens (including phenoxy) is 1. The van der Waals surface area contributed by atoms with Crippen LogP contribution in [-0.4, -0.2) is 66.2 Å². The minimum atomic E-state index is -1.06. The summed E-state index contributed by atoms with van der Waals surface area (Å²) in [6, 6.07) is 15.1. The molecule has 3 amide bonds. The molecule has 0 radical (unpaired) electrons. The van der Waals surface area contributed by atoms with Gasteiger partial charge in [0.1, 0.15) is 19.2 Å². The molecule has 9 heteroatoms. The van der Waals surface area contributed by atoms with Crippen molar-refractivity contribution in [1.82, 2.24) is 15.5 Å². The summed E-state index contributed by atoms with van der Waals surface area (Å²) < 4.78 is 5.35. The Kier molecular flexibility index (Phi) is 6.07. The number of benzene rings is 2. The zero-order valence-electron chi connectivity index (χ0n) is 17.2. The average Bonchev–Trinajstić information content (AvgIpc) is 3.07. The van der Waals surface area contributed by atoms with E-state index in [2.05, 4.69) is 10.6 Å². The fraction of sp³-hybridized carbons (Fsp3) is 0.304. The van der Waals surface area contributed by atoms with Crippen LogP contribution >= 0.6 is 0 Å². The molecule has 9 nitrogen and oxygen atoms in total. The van der Waals surface area contributed by atoms with Gasteiger partial charge in [-0.25, -0.2) is 9.59 Å². The van der Waals surface area contributed by atoms with Crippen LogP contribution in [-0.2, 0) is 19.1 Å². The van der Waals surface area contributed by atoms with Gasteiger partial charge in [-0.2, -0.15) is 0 Å². The smallest absolute Gasteiger partial charge is 0.407 e. The first-order valence-electron chi connectivity index (χ1n) is 10.3. The molecule has 0 saturated carbocycles. The van der Waals surface area contributed by atoms with Gasteiger partial charge in [0.25, 0.3) is 0 Å². The number of carbonyl (C=O) groups is 4. The molecule has 1 heterocycles. The van der Waals surface area contributed by atoms with Crippen LogP contribution in [0.3, 0.4) is 0 Å². The molecule has 0 bridgehead atoms. The zero-order chi connectivity index (χ0) is 22.7. The van der Waals surface area contributed by atoms with Gasteiger partial charge in [0.2, 0.25) is 11.8 Å². The number of aliphatic carboxylic acids is 1. The Morgan fingerprint density at radius 2 is 1.56 bits per heavy atom. The number of nitrogens with zero attached hydrogens (tertiary/aromatic N) is 1. The molecule has 1 unspecified atom stereocenters. The lowest BCUT2D eigenvalue weighted by Crippen LogP contribution is -2.57. The van der Waals surface area contributed by atoms with Crippen LogP contribution in [0.5, 0.6) is 0 Å². The standard InChI is InChI=1S/C23H23N3O6/c27-20(24-12-21(28)26-10-9-19(26)22(29)30)11-25-23(31)32-13-18-16-7-3-1-5-14(16)15-6-2-4-8-17(15)18/h1-8,18-19H,9-13H2,(H,24,27)(H,25,31)(H,29,30). The number of nitrogens with one attached hydrogen (secondary N) is 2. The van der Waals surface area contributed by atoms with E-state index in [0.717, 1.165) is 22.3 Å². The van der Waals surface area contributed by atoms with Crippen LogP contribution in [0.15, 0.2) is 48.5 Å². The largest absolute Gasteiger partial charge is 0.480 e. The highest BCUT2D eigenvalue weighted by Gasteiger charge is 2.37. The third-order valence-electron chi connectivity index (χ3n) is 5.80. The van der Waals surface area contributed by atoms with Crippen molar-refractivity contribution in [2.45, 2.75) is 18.4 Å². The van der Waals surface area contributed by atoms with Crippen molar-refractivity contribution in [3.63, 3.8) is 0 Å². The second-order valence-electron chi connectivity index (χ2n) is 7.69. The molecule has 4 rings (SSSR count). The van der Waals surface area contributed by atoms with Crippen molar-refractivity contribution in [3.8, 4) is 11.1 Å². The lowest BCUT2D eigenvalue weighted by molar-refractivity contribution is -0.156. The van der Waals surface area contributed by atoms with Crippen LogP contribution in [0.1, 0.15) is 23.5 Å². The summed E-state index contributed by atoms with van der Waals surface area (Å²) >= 11 is 0. The number of alkyl carbamates (subject to hydrolysis) is 1. The summed E-state index contributed by atoms with van der Waals surface area (Å²) in [5, 5.41) is 13.7. The van der Waals surface area contributed by atoms with E-state index >= 15 is 0 Å². The fourth-order valence-electron chi connectivity index (χ4n) is 4.08. The Balaban J connectivity index is 1.22. The third kappa shape index (κ3) is 4.27. The number of fused-ring (bicyclic) bond motifs is 3. The second kappa shape index (κ2) is 9.09. The Labute approximate surface area is 184 Å². The number of hydrogen-bond acceptors (Lipinski definition) is 5. The van der Waals surface area contributed by atoms with Crippen molar-refractivity contribution in [1.29, 1.82) is 0 Å². The SMILES string of the molecule is O=C(CNC(=O)OCC1c2ccccc2-c2ccccc21)NCC(=O)N1CCC1C(=O)O. The van der Waals surface area contributed by atoms with Crippen molar-refractivity contribution in [2.75, 3.05) is 26.2 Å². The van der Waals surface area contributed by atoms with Gasteiger partial charge in [-0.1, -0.05) is 48.5 Å². The Hall–Kier alpha value is -3.88. The summed E-state index contributed by atoms with van der Waals surface area (Å²) in [5.41, 5.74) is 4.41. The Morgan fingerprint density at radius 3 is 2.12 bits per heavy atom. The minimum absolute atomic E-state index is 0.0849. The quantitative estimate of drug-likeness (QED) is 0.600. The van der Waals surface area contributed by atoms with Gasteiger partial charge in [0, 0.05) is 12.5 Å². The molecule has 0 spiro atoms. The van der Waals surface area contributed by atoms with E-state index in [0.29, 0.717) is 13.0 Å². The van der Waals surface area contributed by atoms with Crippen LogP contribution < -0.4 is 10.6 Å². The van der Waals surface area contributed by atoms with Gasteiger partial charge in [0.15, 0.2) is 0 Å².